The number of sulfone groups is 1. The molecule has 3 aromatic rings. The van der Waals surface area contributed by atoms with Crippen LogP contribution < -0.4 is 9.47 Å². The minimum Gasteiger partial charge on any atom is -0.507 e. The molecule has 5 rings (SSSR count). The van der Waals surface area contributed by atoms with Crippen LogP contribution in [0, 0.1) is 12.8 Å². The summed E-state index contributed by atoms with van der Waals surface area (Å²) in [7, 11) is -1.69. The molecule has 37 heavy (non-hydrogen) atoms. The maximum absolute atomic E-state index is 13.7. The number of ether oxygens (including phenoxy) is 2. The Morgan fingerprint density at radius 3 is 2.65 bits per heavy atom. The largest absolute Gasteiger partial charge is 0.507 e. The predicted octanol–water partition coefficient (Wildman–Crippen LogP) is 3.87. The number of benzene rings is 2. The first-order valence-corrected chi connectivity index (χ1v) is 14.1. The summed E-state index contributed by atoms with van der Waals surface area (Å²) in [6.07, 6.45) is 0.361. The standard InChI is InChI=1S/C27H31N3O6S/c1-15(2)13-36-21-8-6-17(12-22(21)35-4)26-23-24(19-11-16(3)5-7-20(19)31)28-29-25(23)27(32)30(26)18-9-10-37(33,34)14-18/h5-8,11-12,15,18,26,31H,9-10,13-14H2,1-4H3,(H,28,29). The first-order valence-electron chi connectivity index (χ1n) is 12.3. The van der Waals surface area contributed by atoms with Gasteiger partial charge in [0, 0.05) is 17.2 Å². The molecule has 2 unspecified atom stereocenters. The highest BCUT2D eigenvalue weighted by Gasteiger charge is 2.48. The number of amides is 1. The van der Waals surface area contributed by atoms with Crippen LogP contribution in [-0.4, -0.2) is 65.8 Å². The van der Waals surface area contributed by atoms with Crippen LogP contribution in [0.4, 0.5) is 0 Å². The van der Waals surface area contributed by atoms with Crippen molar-refractivity contribution in [2.75, 3.05) is 25.2 Å². The fourth-order valence-corrected chi connectivity index (χ4v) is 6.85. The van der Waals surface area contributed by atoms with E-state index in [0.29, 0.717) is 53.0 Å². The lowest BCUT2D eigenvalue weighted by atomic mass is 9.94. The predicted molar refractivity (Wildman–Crippen MR) is 139 cm³/mol. The zero-order valence-corrected chi connectivity index (χ0v) is 22.1. The lowest BCUT2D eigenvalue weighted by Gasteiger charge is -2.31. The van der Waals surface area contributed by atoms with Crippen LogP contribution in [0.3, 0.4) is 0 Å². The second kappa shape index (κ2) is 9.41. The molecule has 2 aromatic carbocycles. The Morgan fingerprint density at radius 2 is 1.97 bits per heavy atom. The molecular formula is C27H31N3O6S. The van der Waals surface area contributed by atoms with E-state index in [0.717, 1.165) is 11.1 Å². The van der Waals surface area contributed by atoms with Crippen LogP contribution >= 0.6 is 0 Å². The number of carbonyl (C=O) groups is 1. The topological polar surface area (TPSA) is 122 Å². The zero-order valence-electron chi connectivity index (χ0n) is 21.3. The van der Waals surface area contributed by atoms with Gasteiger partial charge in [0.2, 0.25) is 0 Å². The van der Waals surface area contributed by atoms with Crippen LogP contribution in [0.25, 0.3) is 11.3 Å². The van der Waals surface area contributed by atoms with Crippen molar-refractivity contribution in [1.29, 1.82) is 0 Å². The van der Waals surface area contributed by atoms with Crippen molar-refractivity contribution in [3.05, 3.63) is 58.8 Å². The highest BCUT2D eigenvalue weighted by molar-refractivity contribution is 7.91. The normalized spacial score (nSPS) is 20.5. The van der Waals surface area contributed by atoms with Gasteiger partial charge in [-0.3, -0.25) is 9.89 Å². The molecule has 3 heterocycles. The number of aryl methyl sites for hydroxylation is 1. The number of aromatic hydroxyl groups is 1. The molecule has 0 spiro atoms. The number of H-pyrrole nitrogens is 1. The van der Waals surface area contributed by atoms with Gasteiger partial charge in [-0.1, -0.05) is 31.5 Å². The maximum atomic E-state index is 13.7. The minimum absolute atomic E-state index is 0.0389. The molecule has 2 aliphatic rings. The van der Waals surface area contributed by atoms with Crippen molar-refractivity contribution < 1.29 is 27.8 Å². The van der Waals surface area contributed by atoms with E-state index in [1.54, 1.807) is 24.1 Å². The molecular weight excluding hydrogens is 494 g/mol. The fraction of sp³-hybridized carbons (Fsp3) is 0.407. The lowest BCUT2D eigenvalue weighted by Crippen LogP contribution is -2.40. The number of rotatable bonds is 7. The molecule has 1 fully saturated rings. The second-order valence-corrected chi connectivity index (χ2v) is 12.4. The molecule has 1 aromatic heterocycles. The van der Waals surface area contributed by atoms with Crippen molar-refractivity contribution in [2.24, 2.45) is 5.92 Å². The zero-order chi connectivity index (χ0) is 26.5. The number of nitrogens with zero attached hydrogens (tertiary/aromatic N) is 2. The molecule has 0 radical (unpaired) electrons. The smallest absolute Gasteiger partial charge is 0.273 e. The fourth-order valence-electron chi connectivity index (χ4n) is 5.14. The summed E-state index contributed by atoms with van der Waals surface area (Å²) in [4.78, 5) is 15.4. The summed E-state index contributed by atoms with van der Waals surface area (Å²) in [6, 6.07) is 9.62. The van der Waals surface area contributed by atoms with Crippen molar-refractivity contribution in [3.8, 4) is 28.5 Å². The van der Waals surface area contributed by atoms with E-state index in [9.17, 15) is 18.3 Å². The summed E-state index contributed by atoms with van der Waals surface area (Å²) in [6.45, 7) is 6.55. The molecule has 2 aliphatic heterocycles. The van der Waals surface area contributed by atoms with Crippen LogP contribution in [0.1, 0.15) is 53.5 Å². The Morgan fingerprint density at radius 1 is 1.19 bits per heavy atom. The molecule has 1 saturated heterocycles. The van der Waals surface area contributed by atoms with Gasteiger partial charge in [-0.05, 0) is 49.1 Å². The molecule has 2 N–H and O–H groups in total. The van der Waals surface area contributed by atoms with Gasteiger partial charge in [0.15, 0.2) is 21.3 Å². The van der Waals surface area contributed by atoms with Crippen LogP contribution in [0.5, 0.6) is 17.2 Å². The molecule has 2 atom stereocenters. The Labute approximate surface area is 216 Å². The first-order chi connectivity index (χ1) is 17.6. The van der Waals surface area contributed by atoms with E-state index in [2.05, 4.69) is 24.0 Å². The van der Waals surface area contributed by atoms with E-state index in [1.807, 2.05) is 31.2 Å². The summed E-state index contributed by atoms with van der Waals surface area (Å²) in [5.74, 6) is 1.11. The van der Waals surface area contributed by atoms with Crippen molar-refractivity contribution in [3.63, 3.8) is 0 Å². The number of carbonyl (C=O) groups excluding carboxylic acids is 1. The number of aromatic nitrogens is 2. The van der Waals surface area contributed by atoms with Crippen molar-refractivity contribution in [2.45, 2.75) is 39.3 Å². The van der Waals surface area contributed by atoms with Crippen LogP contribution in [0.2, 0.25) is 0 Å². The number of methoxy groups -OCH3 is 1. The minimum atomic E-state index is -3.25. The van der Waals surface area contributed by atoms with Crippen molar-refractivity contribution >= 4 is 15.7 Å². The Bertz CT molecular complexity index is 1460. The number of hydrogen-bond acceptors (Lipinski definition) is 7. The number of phenols is 1. The first kappa shape index (κ1) is 25.1. The third-order valence-corrected chi connectivity index (χ3v) is 8.64. The van der Waals surface area contributed by atoms with E-state index in [1.165, 1.54) is 0 Å². The Hall–Kier alpha value is -3.53. The van der Waals surface area contributed by atoms with Gasteiger partial charge >= 0.3 is 0 Å². The molecule has 9 nitrogen and oxygen atoms in total. The molecule has 196 valence electrons. The van der Waals surface area contributed by atoms with Crippen LogP contribution in [-0.2, 0) is 9.84 Å². The van der Waals surface area contributed by atoms with E-state index < -0.39 is 21.9 Å². The molecule has 0 aliphatic carbocycles. The van der Waals surface area contributed by atoms with E-state index >= 15 is 0 Å². The number of nitrogens with one attached hydrogen (secondary N) is 1. The quantitative estimate of drug-likeness (QED) is 0.480. The highest BCUT2D eigenvalue weighted by atomic mass is 32.2. The van der Waals surface area contributed by atoms with Gasteiger partial charge in [0.05, 0.1) is 31.3 Å². The SMILES string of the molecule is COc1cc(C2c3c(-c4cc(C)ccc4O)n[nH]c3C(=O)N2C2CCS(=O)(=O)C2)ccc1OCC(C)C. The number of fused-ring (bicyclic) bond motifs is 1. The summed E-state index contributed by atoms with van der Waals surface area (Å²) < 4.78 is 36.3. The molecule has 1 amide bonds. The van der Waals surface area contributed by atoms with E-state index in [4.69, 9.17) is 9.47 Å². The van der Waals surface area contributed by atoms with E-state index in [-0.39, 0.29) is 23.2 Å². The van der Waals surface area contributed by atoms with Gasteiger partial charge in [-0.2, -0.15) is 5.10 Å². The third kappa shape index (κ3) is 4.54. The van der Waals surface area contributed by atoms with Gasteiger partial charge in [0.1, 0.15) is 17.1 Å². The highest BCUT2D eigenvalue weighted by Crippen LogP contribution is 2.47. The Kier molecular flexibility index (Phi) is 6.39. The van der Waals surface area contributed by atoms with Gasteiger partial charge in [0.25, 0.3) is 5.91 Å². The molecule has 0 bridgehead atoms. The van der Waals surface area contributed by atoms with Gasteiger partial charge in [-0.25, -0.2) is 8.42 Å². The third-order valence-electron chi connectivity index (χ3n) is 6.89. The monoisotopic (exact) mass is 525 g/mol. The lowest BCUT2D eigenvalue weighted by molar-refractivity contribution is 0.0677. The summed E-state index contributed by atoms with van der Waals surface area (Å²) >= 11 is 0. The molecule has 10 heteroatoms. The van der Waals surface area contributed by atoms with Crippen molar-refractivity contribution in [1.82, 2.24) is 15.1 Å². The average Bonchev–Trinajstić information content (AvgIpc) is 3.52. The number of phenolic OH excluding ortho intramolecular Hbond substituents is 1. The number of hydrogen-bond donors (Lipinski definition) is 2. The Balaban J connectivity index is 1.66. The molecule has 0 saturated carbocycles. The number of aromatic amines is 1. The van der Waals surface area contributed by atoms with Gasteiger partial charge in [-0.15, -0.1) is 0 Å². The average molecular weight is 526 g/mol. The van der Waals surface area contributed by atoms with Gasteiger partial charge < -0.3 is 19.5 Å². The second-order valence-electron chi connectivity index (χ2n) is 10.2. The summed E-state index contributed by atoms with van der Waals surface area (Å²) in [5.41, 5.74) is 3.52. The van der Waals surface area contributed by atoms with Crippen LogP contribution in [0.15, 0.2) is 36.4 Å². The summed E-state index contributed by atoms with van der Waals surface area (Å²) in [5, 5.41) is 18.0. The maximum Gasteiger partial charge on any atom is 0.273 e.